The topological polar surface area (TPSA) is 55.6 Å². The van der Waals surface area contributed by atoms with Gasteiger partial charge in [0.05, 0.1) is 11.3 Å². The largest absolute Gasteiger partial charge is 0.443 e. The molecule has 0 aromatic heterocycles. The molecule has 1 aliphatic rings. The number of ether oxygens (including phenoxy) is 1. The molecule has 2 N–H and O–H groups in total. The van der Waals surface area contributed by atoms with Crippen LogP contribution in [0.25, 0.3) is 0 Å². The lowest BCUT2D eigenvalue weighted by Crippen LogP contribution is -2.48. The van der Waals surface area contributed by atoms with Gasteiger partial charge >= 0.3 is 12.3 Å². The van der Waals surface area contributed by atoms with Gasteiger partial charge in [-0.25, -0.2) is 4.79 Å². The molecule has 1 aliphatic heterocycles. The number of anilines is 1. The van der Waals surface area contributed by atoms with Gasteiger partial charge in [0.1, 0.15) is 5.60 Å². The highest BCUT2D eigenvalue weighted by Gasteiger charge is 2.38. The molecule has 4 nitrogen and oxygen atoms in total. The van der Waals surface area contributed by atoms with Gasteiger partial charge in [0.25, 0.3) is 0 Å². The number of rotatable bonds is 1. The van der Waals surface area contributed by atoms with Gasteiger partial charge in [-0.05, 0) is 57.4 Å². The Bertz CT molecular complexity index is 623. The third kappa shape index (κ3) is 3.83. The second-order valence-corrected chi connectivity index (χ2v) is 7.03. The normalized spacial score (nSPS) is 21.4. The van der Waals surface area contributed by atoms with Crippen LogP contribution in [0.15, 0.2) is 18.2 Å². The van der Waals surface area contributed by atoms with Gasteiger partial charge < -0.3 is 10.5 Å². The van der Waals surface area contributed by atoms with Crippen LogP contribution in [0, 0.1) is 0 Å². The molecular weight excluding hydrogens is 321 g/mol. The minimum absolute atomic E-state index is 0.209. The average Bonchev–Trinajstić information content (AvgIpc) is 2.43. The fourth-order valence-corrected chi connectivity index (χ4v) is 2.88. The Labute approximate surface area is 139 Å². The van der Waals surface area contributed by atoms with Crippen molar-refractivity contribution in [2.24, 2.45) is 5.73 Å². The van der Waals surface area contributed by atoms with Crippen LogP contribution in [0.4, 0.5) is 23.7 Å². The molecule has 0 radical (unpaired) electrons. The summed E-state index contributed by atoms with van der Waals surface area (Å²) in [5, 5.41) is 0. The molecule has 0 saturated heterocycles. The van der Waals surface area contributed by atoms with Crippen molar-refractivity contribution in [2.45, 2.75) is 64.4 Å². The van der Waals surface area contributed by atoms with E-state index in [1.54, 1.807) is 20.8 Å². The van der Waals surface area contributed by atoms with Crippen molar-refractivity contribution in [3.8, 4) is 0 Å². The van der Waals surface area contributed by atoms with Crippen LogP contribution in [0.2, 0.25) is 0 Å². The van der Waals surface area contributed by atoms with Crippen molar-refractivity contribution < 1.29 is 22.7 Å². The molecule has 7 heteroatoms. The zero-order valence-corrected chi connectivity index (χ0v) is 14.3. The van der Waals surface area contributed by atoms with E-state index >= 15 is 0 Å². The summed E-state index contributed by atoms with van der Waals surface area (Å²) in [5.41, 5.74) is 5.32. The molecule has 1 heterocycles. The number of alkyl halides is 3. The number of carbonyl (C=O) groups is 1. The van der Waals surface area contributed by atoms with Gasteiger partial charge in [-0.1, -0.05) is 6.92 Å². The number of benzene rings is 1. The lowest BCUT2D eigenvalue weighted by atomic mass is 9.89. The number of carbonyl (C=O) groups excluding carboxylic acids is 1. The first-order valence-corrected chi connectivity index (χ1v) is 7.93. The first-order valence-electron chi connectivity index (χ1n) is 7.93. The smallest absolute Gasteiger partial charge is 0.416 e. The summed E-state index contributed by atoms with van der Waals surface area (Å²) in [5.74, 6) is 0. The fourth-order valence-electron chi connectivity index (χ4n) is 2.88. The standard InChI is InChI=1S/C17H23F3N2O2/c1-5-11-9-13(21)12-8-10(17(18,19)20)6-7-14(12)22(11)15(23)24-16(2,3)4/h6-8,11,13H,5,9,21H2,1-4H3/t11-,13+/m1/s1. The Balaban J connectivity index is 2.48. The predicted octanol–water partition coefficient (Wildman–Crippen LogP) is 4.63. The van der Waals surface area contributed by atoms with Gasteiger partial charge in [-0.2, -0.15) is 13.2 Å². The van der Waals surface area contributed by atoms with Crippen LogP contribution in [-0.2, 0) is 10.9 Å². The number of nitrogens with zero attached hydrogens (tertiary/aromatic N) is 1. The number of fused-ring (bicyclic) bond motifs is 1. The minimum Gasteiger partial charge on any atom is -0.443 e. The summed E-state index contributed by atoms with van der Waals surface area (Å²) < 4.78 is 44.3. The van der Waals surface area contributed by atoms with Crippen LogP contribution in [-0.4, -0.2) is 17.7 Å². The Hall–Kier alpha value is -1.76. The van der Waals surface area contributed by atoms with E-state index in [0.717, 1.165) is 12.1 Å². The SMILES string of the molecule is CC[C@@H]1C[C@H](N)c2cc(C(F)(F)F)ccc2N1C(=O)OC(C)(C)C. The van der Waals surface area contributed by atoms with Crippen LogP contribution >= 0.6 is 0 Å². The van der Waals surface area contributed by atoms with E-state index in [9.17, 15) is 18.0 Å². The average molecular weight is 344 g/mol. The van der Waals surface area contributed by atoms with E-state index < -0.39 is 29.5 Å². The quantitative estimate of drug-likeness (QED) is 0.808. The third-order valence-corrected chi connectivity index (χ3v) is 3.97. The maximum Gasteiger partial charge on any atom is 0.416 e. The molecule has 2 atom stereocenters. The molecular formula is C17H23F3N2O2. The molecule has 0 spiro atoms. The first-order chi connectivity index (χ1) is 10.9. The third-order valence-electron chi connectivity index (χ3n) is 3.97. The van der Waals surface area contributed by atoms with Crippen molar-refractivity contribution in [1.29, 1.82) is 0 Å². The predicted molar refractivity (Wildman–Crippen MR) is 85.8 cm³/mol. The number of hydrogen-bond donors (Lipinski definition) is 1. The fraction of sp³-hybridized carbons (Fsp3) is 0.588. The molecule has 2 rings (SSSR count). The molecule has 1 amide bonds. The summed E-state index contributed by atoms with van der Waals surface area (Å²) in [6.07, 6.45) is -3.99. The second kappa shape index (κ2) is 6.27. The monoisotopic (exact) mass is 344 g/mol. The van der Waals surface area contributed by atoms with E-state index in [4.69, 9.17) is 10.5 Å². The van der Waals surface area contributed by atoms with Crippen molar-refractivity contribution in [2.75, 3.05) is 4.90 Å². The summed E-state index contributed by atoms with van der Waals surface area (Å²) in [4.78, 5) is 14.0. The van der Waals surface area contributed by atoms with Crippen LogP contribution in [0.5, 0.6) is 0 Å². The summed E-state index contributed by atoms with van der Waals surface area (Å²) in [6, 6.07) is 2.55. The van der Waals surface area contributed by atoms with E-state index in [-0.39, 0.29) is 6.04 Å². The molecule has 0 fully saturated rings. The summed E-state index contributed by atoms with van der Waals surface area (Å²) >= 11 is 0. The lowest BCUT2D eigenvalue weighted by Gasteiger charge is -2.40. The van der Waals surface area contributed by atoms with Crippen molar-refractivity contribution in [3.05, 3.63) is 29.3 Å². The highest BCUT2D eigenvalue weighted by Crippen LogP contribution is 2.41. The highest BCUT2D eigenvalue weighted by atomic mass is 19.4. The van der Waals surface area contributed by atoms with Crippen LogP contribution in [0.3, 0.4) is 0 Å². The maximum atomic E-state index is 13.0. The van der Waals surface area contributed by atoms with E-state index in [1.807, 2.05) is 6.92 Å². The van der Waals surface area contributed by atoms with Crippen molar-refractivity contribution in [1.82, 2.24) is 0 Å². The summed E-state index contributed by atoms with van der Waals surface area (Å²) in [7, 11) is 0. The van der Waals surface area contributed by atoms with Gasteiger partial charge in [-0.15, -0.1) is 0 Å². The molecule has 134 valence electrons. The van der Waals surface area contributed by atoms with Gasteiger partial charge in [0.15, 0.2) is 0 Å². The number of hydrogen-bond acceptors (Lipinski definition) is 3. The van der Waals surface area contributed by atoms with E-state index in [2.05, 4.69) is 0 Å². The minimum atomic E-state index is -4.45. The lowest BCUT2D eigenvalue weighted by molar-refractivity contribution is -0.137. The number of halogens is 3. The molecule has 0 aliphatic carbocycles. The Morgan fingerprint density at radius 3 is 2.46 bits per heavy atom. The molecule has 0 unspecified atom stereocenters. The van der Waals surface area contributed by atoms with E-state index in [1.165, 1.54) is 11.0 Å². The maximum absolute atomic E-state index is 13.0. The first kappa shape index (κ1) is 18.6. The summed E-state index contributed by atoms with van der Waals surface area (Å²) in [6.45, 7) is 7.14. The molecule has 1 aromatic rings. The Morgan fingerprint density at radius 1 is 1.33 bits per heavy atom. The Morgan fingerprint density at radius 2 is 1.96 bits per heavy atom. The zero-order chi connectivity index (χ0) is 18.3. The van der Waals surface area contributed by atoms with Gasteiger partial charge in [-0.3, -0.25) is 4.90 Å². The van der Waals surface area contributed by atoms with Gasteiger partial charge in [0.2, 0.25) is 0 Å². The highest BCUT2D eigenvalue weighted by molar-refractivity contribution is 5.90. The molecule has 0 saturated carbocycles. The van der Waals surface area contributed by atoms with E-state index in [0.29, 0.717) is 24.1 Å². The molecule has 24 heavy (non-hydrogen) atoms. The number of nitrogens with two attached hydrogens (primary N) is 1. The molecule has 1 aromatic carbocycles. The second-order valence-electron chi connectivity index (χ2n) is 7.03. The van der Waals surface area contributed by atoms with Crippen molar-refractivity contribution in [3.63, 3.8) is 0 Å². The Kier molecular flexibility index (Phi) is 4.86. The number of amides is 1. The molecule has 0 bridgehead atoms. The van der Waals surface area contributed by atoms with Crippen LogP contribution < -0.4 is 10.6 Å². The van der Waals surface area contributed by atoms with Gasteiger partial charge in [0, 0.05) is 12.1 Å². The van der Waals surface area contributed by atoms with Crippen LogP contribution in [0.1, 0.15) is 57.7 Å². The van der Waals surface area contributed by atoms with Crippen molar-refractivity contribution >= 4 is 11.8 Å². The zero-order valence-electron chi connectivity index (χ0n) is 14.3.